The first-order valence-electron chi connectivity index (χ1n) is 4.27. The molecule has 0 bridgehead atoms. The molecule has 0 aliphatic rings. The van der Waals surface area contributed by atoms with Crippen LogP contribution in [0, 0.1) is 0 Å². The zero-order valence-electron chi connectivity index (χ0n) is 8.31. The number of fused-ring (bicyclic) bond motifs is 1. The minimum atomic E-state index is -0.309. The predicted molar refractivity (Wildman–Crippen MR) is 62.7 cm³/mol. The summed E-state index contributed by atoms with van der Waals surface area (Å²) < 4.78 is 6.68. The first-order chi connectivity index (χ1) is 7.24. The van der Waals surface area contributed by atoms with E-state index in [1.807, 2.05) is 18.4 Å². The summed E-state index contributed by atoms with van der Waals surface area (Å²) in [6.45, 7) is 0. The van der Waals surface area contributed by atoms with E-state index in [0.717, 1.165) is 14.6 Å². The molecule has 1 aromatic heterocycles. The van der Waals surface area contributed by atoms with Gasteiger partial charge in [-0.25, -0.2) is 9.78 Å². The number of carbonyl (C=O) groups excluding carboxylic acids is 1. The van der Waals surface area contributed by atoms with Crippen molar-refractivity contribution in [2.75, 3.05) is 13.4 Å². The smallest absolute Gasteiger partial charge is 0.337 e. The molecule has 0 unspecified atom stereocenters. The highest BCUT2D eigenvalue weighted by atomic mass is 32.2. The third kappa shape index (κ3) is 1.98. The standard InChI is InChI=1S/C10H9NO2S2/c1-13-9(12)6-3-4-7-8(5-6)15-10(11-7)14-2/h3-5H,1-2H3. The maximum Gasteiger partial charge on any atom is 0.337 e. The molecule has 2 rings (SSSR count). The number of benzene rings is 1. The van der Waals surface area contributed by atoms with Crippen molar-refractivity contribution in [2.45, 2.75) is 4.34 Å². The van der Waals surface area contributed by atoms with Gasteiger partial charge in [0.1, 0.15) is 0 Å². The molecule has 0 saturated carbocycles. The number of rotatable bonds is 2. The number of hydrogen-bond acceptors (Lipinski definition) is 5. The number of aromatic nitrogens is 1. The van der Waals surface area contributed by atoms with Crippen molar-refractivity contribution in [1.29, 1.82) is 0 Å². The summed E-state index contributed by atoms with van der Waals surface area (Å²) in [5, 5.41) is 0. The molecule has 78 valence electrons. The van der Waals surface area contributed by atoms with Gasteiger partial charge in [-0.2, -0.15) is 0 Å². The predicted octanol–water partition coefficient (Wildman–Crippen LogP) is 2.80. The Bertz CT molecular complexity index is 507. The van der Waals surface area contributed by atoms with Crippen LogP contribution in [0.1, 0.15) is 10.4 Å². The van der Waals surface area contributed by atoms with E-state index < -0.39 is 0 Å². The number of thioether (sulfide) groups is 1. The van der Waals surface area contributed by atoms with Crippen LogP contribution in [0.2, 0.25) is 0 Å². The maximum absolute atomic E-state index is 11.3. The summed E-state index contributed by atoms with van der Waals surface area (Å²) in [5.74, 6) is -0.309. The van der Waals surface area contributed by atoms with E-state index in [1.165, 1.54) is 7.11 Å². The van der Waals surface area contributed by atoms with Crippen molar-refractivity contribution >= 4 is 39.3 Å². The van der Waals surface area contributed by atoms with Gasteiger partial charge in [0.05, 0.1) is 22.9 Å². The Morgan fingerprint density at radius 1 is 1.53 bits per heavy atom. The molecule has 5 heteroatoms. The highest BCUT2D eigenvalue weighted by Gasteiger charge is 2.08. The largest absolute Gasteiger partial charge is 0.465 e. The number of carbonyl (C=O) groups is 1. The summed E-state index contributed by atoms with van der Waals surface area (Å²) in [6, 6.07) is 5.40. The summed E-state index contributed by atoms with van der Waals surface area (Å²) >= 11 is 3.19. The molecule has 15 heavy (non-hydrogen) atoms. The van der Waals surface area contributed by atoms with Gasteiger partial charge in [0.2, 0.25) is 0 Å². The highest BCUT2D eigenvalue weighted by molar-refractivity contribution is 8.00. The number of thiazole rings is 1. The number of nitrogens with zero attached hydrogens (tertiary/aromatic N) is 1. The quantitative estimate of drug-likeness (QED) is 0.596. The Kier molecular flexibility index (Phi) is 2.93. The van der Waals surface area contributed by atoms with E-state index in [9.17, 15) is 4.79 Å². The van der Waals surface area contributed by atoms with Crippen LogP contribution in [0.4, 0.5) is 0 Å². The van der Waals surface area contributed by atoms with Crippen LogP contribution in [0.15, 0.2) is 22.5 Å². The topological polar surface area (TPSA) is 39.2 Å². The van der Waals surface area contributed by atoms with Crippen LogP contribution < -0.4 is 0 Å². The zero-order valence-corrected chi connectivity index (χ0v) is 9.95. The molecule has 0 fully saturated rings. The minimum Gasteiger partial charge on any atom is -0.465 e. The second kappa shape index (κ2) is 4.20. The van der Waals surface area contributed by atoms with Crippen molar-refractivity contribution < 1.29 is 9.53 Å². The van der Waals surface area contributed by atoms with E-state index >= 15 is 0 Å². The molecule has 1 heterocycles. The molecule has 0 atom stereocenters. The normalized spacial score (nSPS) is 10.5. The second-order valence-corrected chi connectivity index (χ2v) is 4.94. The average molecular weight is 239 g/mol. The number of hydrogen-bond donors (Lipinski definition) is 0. The third-order valence-corrected chi connectivity index (χ3v) is 3.97. The van der Waals surface area contributed by atoms with Crippen LogP contribution >= 0.6 is 23.1 Å². The second-order valence-electron chi connectivity index (χ2n) is 2.86. The lowest BCUT2D eigenvalue weighted by Gasteiger charge is -1.97. The van der Waals surface area contributed by atoms with Gasteiger partial charge in [-0.05, 0) is 24.5 Å². The maximum atomic E-state index is 11.3. The van der Waals surface area contributed by atoms with Crippen molar-refractivity contribution in [3.05, 3.63) is 23.8 Å². The number of ether oxygens (including phenoxy) is 1. The van der Waals surface area contributed by atoms with Crippen LogP contribution in [-0.4, -0.2) is 24.3 Å². The van der Waals surface area contributed by atoms with Gasteiger partial charge in [-0.1, -0.05) is 11.8 Å². The van der Waals surface area contributed by atoms with Gasteiger partial charge in [0, 0.05) is 0 Å². The molecule has 0 spiro atoms. The molecule has 3 nitrogen and oxygen atoms in total. The summed E-state index contributed by atoms with van der Waals surface area (Å²) in [5.41, 5.74) is 1.50. The third-order valence-electron chi connectivity index (χ3n) is 1.96. The number of esters is 1. The van der Waals surface area contributed by atoms with Crippen molar-refractivity contribution in [1.82, 2.24) is 4.98 Å². The van der Waals surface area contributed by atoms with E-state index in [0.29, 0.717) is 5.56 Å². The molecule has 0 aliphatic heterocycles. The fourth-order valence-corrected chi connectivity index (χ4v) is 2.76. The van der Waals surface area contributed by atoms with E-state index in [4.69, 9.17) is 0 Å². The minimum absolute atomic E-state index is 0.309. The van der Waals surface area contributed by atoms with Gasteiger partial charge >= 0.3 is 5.97 Å². The monoisotopic (exact) mass is 239 g/mol. The molecular weight excluding hydrogens is 230 g/mol. The lowest BCUT2D eigenvalue weighted by Crippen LogP contribution is -1.99. The Hall–Kier alpha value is -1.07. The van der Waals surface area contributed by atoms with E-state index in [-0.39, 0.29) is 5.97 Å². The average Bonchev–Trinajstić information content (AvgIpc) is 2.69. The Morgan fingerprint density at radius 2 is 2.33 bits per heavy atom. The van der Waals surface area contributed by atoms with Gasteiger partial charge in [0.25, 0.3) is 0 Å². The van der Waals surface area contributed by atoms with Crippen molar-refractivity contribution in [3.8, 4) is 0 Å². The van der Waals surface area contributed by atoms with Gasteiger partial charge in [-0.15, -0.1) is 11.3 Å². The summed E-state index contributed by atoms with van der Waals surface area (Å²) in [4.78, 5) is 15.7. The first kappa shape index (κ1) is 10.4. The Morgan fingerprint density at radius 3 is 3.00 bits per heavy atom. The summed E-state index contributed by atoms with van der Waals surface area (Å²) in [6.07, 6.45) is 1.99. The van der Waals surface area contributed by atoms with Crippen molar-refractivity contribution in [3.63, 3.8) is 0 Å². The molecule has 0 aliphatic carbocycles. The molecule has 0 radical (unpaired) electrons. The SMILES string of the molecule is COC(=O)c1ccc2nc(SC)sc2c1. The highest BCUT2D eigenvalue weighted by Crippen LogP contribution is 2.28. The fourth-order valence-electron chi connectivity index (χ4n) is 1.24. The molecule has 0 amide bonds. The van der Waals surface area contributed by atoms with Gasteiger partial charge in [0.15, 0.2) is 4.34 Å². The molecule has 1 aromatic carbocycles. The van der Waals surface area contributed by atoms with Gasteiger partial charge in [-0.3, -0.25) is 0 Å². The lowest BCUT2D eigenvalue weighted by atomic mass is 10.2. The van der Waals surface area contributed by atoms with Crippen LogP contribution in [0.5, 0.6) is 0 Å². The Labute approximate surface area is 95.5 Å². The van der Waals surface area contributed by atoms with E-state index in [2.05, 4.69) is 9.72 Å². The zero-order chi connectivity index (χ0) is 10.8. The first-order valence-corrected chi connectivity index (χ1v) is 6.31. The fraction of sp³-hybridized carbons (Fsp3) is 0.200. The number of methoxy groups -OCH3 is 1. The lowest BCUT2D eigenvalue weighted by molar-refractivity contribution is 0.0601. The molecule has 0 N–H and O–H groups in total. The van der Waals surface area contributed by atoms with Crippen molar-refractivity contribution in [2.24, 2.45) is 0 Å². The molecular formula is C10H9NO2S2. The Balaban J connectivity index is 2.50. The van der Waals surface area contributed by atoms with Gasteiger partial charge < -0.3 is 4.74 Å². The van der Waals surface area contributed by atoms with Crippen LogP contribution in [-0.2, 0) is 4.74 Å². The molecule has 2 aromatic rings. The molecule has 0 saturated heterocycles. The van der Waals surface area contributed by atoms with Crippen LogP contribution in [0.25, 0.3) is 10.2 Å². The van der Waals surface area contributed by atoms with Crippen LogP contribution in [0.3, 0.4) is 0 Å². The van der Waals surface area contributed by atoms with E-state index in [1.54, 1.807) is 29.2 Å². The summed E-state index contributed by atoms with van der Waals surface area (Å²) in [7, 11) is 1.38.